The summed E-state index contributed by atoms with van der Waals surface area (Å²) in [6.45, 7) is 6.23. The first kappa shape index (κ1) is 12.9. The predicted molar refractivity (Wildman–Crippen MR) is 75.4 cm³/mol. The van der Waals surface area contributed by atoms with E-state index in [4.69, 9.17) is 5.41 Å². The van der Waals surface area contributed by atoms with Gasteiger partial charge in [-0.05, 0) is 36.1 Å². The molecule has 2 heterocycles. The quantitative estimate of drug-likeness (QED) is 0.569. The summed E-state index contributed by atoms with van der Waals surface area (Å²) < 4.78 is 0. The van der Waals surface area contributed by atoms with Gasteiger partial charge in [0.05, 0.1) is 0 Å². The second-order valence-corrected chi connectivity index (χ2v) is 5.09. The molecular weight excluding hydrogens is 224 g/mol. The van der Waals surface area contributed by atoms with Crippen molar-refractivity contribution in [2.75, 3.05) is 13.1 Å². The summed E-state index contributed by atoms with van der Waals surface area (Å²) >= 11 is 0. The van der Waals surface area contributed by atoms with E-state index in [9.17, 15) is 0 Å². The first-order chi connectivity index (χ1) is 8.69. The molecule has 2 aliphatic rings. The highest BCUT2D eigenvalue weighted by molar-refractivity contribution is 5.75. The van der Waals surface area contributed by atoms with Crippen LogP contribution in [-0.2, 0) is 0 Å². The van der Waals surface area contributed by atoms with Gasteiger partial charge in [-0.1, -0.05) is 19.9 Å². The van der Waals surface area contributed by atoms with Crippen molar-refractivity contribution in [2.24, 2.45) is 5.92 Å². The summed E-state index contributed by atoms with van der Waals surface area (Å²) in [5.74, 6) is 0.438. The molecule has 0 aromatic rings. The van der Waals surface area contributed by atoms with Crippen LogP contribution in [0.1, 0.15) is 20.3 Å². The van der Waals surface area contributed by atoms with Gasteiger partial charge in [-0.25, -0.2) is 0 Å². The average molecular weight is 246 g/mol. The van der Waals surface area contributed by atoms with Gasteiger partial charge >= 0.3 is 0 Å². The van der Waals surface area contributed by atoms with E-state index in [1.807, 2.05) is 0 Å². The maximum absolute atomic E-state index is 7.42. The Morgan fingerprint density at radius 1 is 1.50 bits per heavy atom. The predicted octanol–water partition coefficient (Wildman–Crippen LogP) is 1.50. The first-order valence-electron chi connectivity index (χ1n) is 6.54. The topological polar surface area (TPSA) is 59.9 Å². The van der Waals surface area contributed by atoms with E-state index in [1.165, 1.54) is 17.4 Å². The zero-order valence-electron chi connectivity index (χ0n) is 11.1. The maximum atomic E-state index is 7.42. The lowest BCUT2D eigenvalue weighted by molar-refractivity contribution is 0.582. The molecule has 1 saturated heterocycles. The minimum absolute atomic E-state index is 0.0789. The fraction of sp³-hybridized carbons (Fsp3) is 0.500. The lowest BCUT2D eigenvalue weighted by atomic mass is 9.97. The number of fused-ring (bicyclic) bond motifs is 1. The molecule has 18 heavy (non-hydrogen) atoms. The van der Waals surface area contributed by atoms with E-state index in [0.29, 0.717) is 5.92 Å². The summed E-state index contributed by atoms with van der Waals surface area (Å²) in [6.07, 6.45) is 8.91. The van der Waals surface area contributed by atoms with Crippen molar-refractivity contribution < 1.29 is 0 Å². The van der Waals surface area contributed by atoms with Crippen LogP contribution in [0, 0.1) is 11.3 Å². The van der Waals surface area contributed by atoms with Crippen LogP contribution in [0.25, 0.3) is 0 Å². The SMILES string of the molecule is CC(C)/C=C(\C=N)NC1C=C2CNCCC2=CN1. The Kier molecular flexibility index (Phi) is 4.20. The highest BCUT2D eigenvalue weighted by Gasteiger charge is 2.17. The van der Waals surface area contributed by atoms with Crippen molar-refractivity contribution in [1.82, 2.24) is 16.0 Å². The largest absolute Gasteiger partial charge is 0.368 e. The Morgan fingerprint density at radius 2 is 2.33 bits per heavy atom. The van der Waals surface area contributed by atoms with Gasteiger partial charge in [-0.2, -0.15) is 0 Å². The van der Waals surface area contributed by atoms with Crippen LogP contribution in [0.5, 0.6) is 0 Å². The number of piperidine rings is 1. The van der Waals surface area contributed by atoms with Crippen molar-refractivity contribution in [3.8, 4) is 0 Å². The summed E-state index contributed by atoms with van der Waals surface area (Å²) in [5.41, 5.74) is 3.63. The molecule has 2 aliphatic heterocycles. The molecule has 0 aliphatic carbocycles. The smallest absolute Gasteiger partial charge is 0.116 e. The first-order valence-corrected chi connectivity index (χ1v) is 6.54. The number of hydrogen-bond donors (Lipinski definition) is 4. The van der Waals surface area contributed by atoms with Gasteiger partial charge in [0.15, 0.2) is 0 Å². The van der Waals surface area contributed by atoms with Gasteiger partial charge in [0.25, 0.3) is 0 Å². The summed E-state index contributed by atoms with van der Waals surface area (Å²) in [7, 11) is 0. The Hall–Kier alpha value is -1.55. The molecule has 0 radical (unpaired) electrons. The minimum atomic E-state index is 0.0789. The highest BCUT2D eigenvalue weighted by atomic mass is 15.1. The maximum Gasteiger partial charge on any atom is 0.116 e. The van der Waals surface area contributed by atoms with E-state index in [2.05, 4.69) is 48.1 Å². The van der Waals surface area contributed by atoms with Crippen LogP contribution in [0.4, 0.5) is 0 Å². The van der Waals surface area contributed by atoms with Gasteiger partial charge in [-0.3, -0.25) is 0 Å². The van der Waals surface area contributed by atoms with Crippen LogP contribution in [0.15, 0.2) is 35.2 Å². The van der Waals surface area contributed by atoms with E-state index in [1.54, 1.807) is 0 Å². The van der Waals surface area contributed by atoms with E-state index in [-0.39, 0.29) is 6.17 Å². The molecule has 0 saturated carbocycles. The molecule has 0 aromatic heterocycles. The van der Waals surface area contributed by atoms with Gasteiger partial charge < -0.3 is 21.4 Å². The van der Waals surface area contributed by atoms with E-state index >= 15 is 0 Å². The molecule has 4 heteroatoms. The zero-order chi connectivity index (χ0) is 13.0. The summed E-state index contributed by atoms with van der Waals surface area (Å²) in [4.78, 5) is 0. The van der Waals surface area contributed by atoms with Gasteiger partial charge in [-0.15, -0.1) is 0 Å². The Labute approximate surface area is 109 Å². The fourth-order valence-corrected chi connectivity index (χ4v) is 2.25. The molecule has 0 spiro atoms. The standard InChI is InChI=1S/C14H22N4/c1-10(2)5-13(7-15)18-14-6-12-8-16-4-3-11(12)9-17-14/h5-7,9-10,14-18H,3-4,8H2,1-2H3/b13-5+,15-7?. The van der Waals surface area contributed by atoms with Crippen LogP contribution >= 0.6 is 0 Å². The second kappa shape index (κ2) is 5.87. The van der Waals surface area contributed by atoms with Crippen molar-refractivity contribution in [3.63, 3.8) is 0 Å². The van der Waals surface area contributed by atoms with Gasteiger partial charge in [0.1, 0.15) is 6.17 Å². The number of rotatable bonds is 4. The molecule has 1 atom stereocenters. The Bertz CT molecular complexity index is 404. The third-order valence-electron chi connectivity index (χ3n) is 3.09. The normalized spacial score (nSPS) is 23.7. The van der Waals surface area contributed by atoms with E-state index < -0.39 is 0 Å². The highest BCUT2D eigenvalue weighted by Crippen LogP contribution is 2.19. The molecule has 4 nitrogen and oxygen atoms in total. The van der Waals surface area contributed by atoms with Crippen LogP contribution < -0.4 is 16.0 Å². The van der Waals surface area contributed by atoms with Crippen molar-refractivity contribution >= 4 is 6.21 Å². The van der Waals surface area contributed by atoms with Crippen molar-refractivity contribution in [1.29, 1.82) is 5.41 Å². The molecule has 0 aromatic carbocycles. The summed E-state index contributed by atoms with van der Waals surface area (Å²) in [6, 6.07) is 0. The van der Waals surface area contributed by atoms with Crippen molar-refractivity contribution in [2.45, 2.75) is 26.4 Å². The number of dihydropyridines is 1. The Balaban J connectivity index is 2.02. The third-order valence-corrected chi connectivity index (χ3v) is 3.09. The molecule has 0 amide bonds. The molecule has 1 fully saturated rings. The zero-order valence-corrected chi connectivity index (χ0v) is 11.1. The third kappa shape index (κ3) is 3.23. The molecule has 0 bridgehead atoms. The molecule has 1 unspecified atom stereocenters. The van der Waals surface area contributed by atoms with Crippen molar-refractivity contribution in [3.05, 3.63) is 35.2 Å². The fourth-order valence-electron chi connectivity index (χ4n) is 2.25. The van der Waals surface area contributed by atoms with Crippen LogP contribution in [-0.4, -0.2) is 25.5 Å². The molecular formula is C14H22N4. The minimum Gasteiger partial charge on any atom is -0.368 e. The second-order valence-electron chi connectivity index (χ2n) is 5.09. The Morgan fingerprint density at radius 3 is 3.06 bits per heavy atom. The van der Waals surface area contributed by atoms with Crippen LogP contribution in [0.2, 0.25) is 0 Å². The number of hydrogen-bond acceptors (Lipinski definition) is 4. The number of allylic oxidation sites excluding steroid dienone is 2. The number of nitrogens with one attached hydrogen (secondary N) is 4. The lowest BCUT2D eigenvalue weighted by Crippen LogP contribution is -2.42. The van der Waals surface area contributed by atoms with Crippen LogP contribution in [0.3, 0.4) is 0 Å². The summed E-state index contributed by atoms with van der Waals surface area (Å²) in [5, 5.41) is 17.5. The molecule has 2 rings (SSSR count). The monoisotopic (exact) mass is 246 g/mol. The van der Waals surface area contributed by atoms with Gasteiger partial charge in [0, 0.05) is 24.7 Å². The molecule has 98 valence electrons. The average Bonchev–Trinajstić information content (AvgIpc) is 2.37. The van der Waals surface area contributed by atoms with Gasteiger partial charge in [0.2, 0.25) is 0 Å². The van der Waals surface area contributed by atoms with E-state index in [0.717, 1.165) is 25.2 Å². The lowest BCUT2D eigenvalue weighted by Gasteiger charge is -2.28. The molecule has 4 N–H and O–H groups in total.